The molecule has 1 fully saturated rings. The van der Waals surface area contributed by atoms with Crippen LogP contribution in [0.3, 0.4) is 0 Å². The fourth-order valence-electron chi connectivity index (χ4n) is 2.24. The molecule has 0 radical (unpaired) electrons. The number of nitrogens with one attached hydrogen (secondary N) is 1. The molecule has 20 heavy (non-hydrogen) atoms. The van der Waals surface area contributed by atoms with Crippen molar-refractivity contribution >= 4 is 9.84 Å². The van der Waals surface area contributed by atoms with Gasteiger partial charge in [0.1, 0.15) is 18.1 Å². The molecule has 1 heterocycles. The highest BCUT2D eigenvalue weighted by molar-refractivity contribution is 7.92. The molecule has 1 aliphatic rings. The first-order valence-corrected chi connectivity index (χ1v) is 8.52. The van der Waals surface area contributed by atoms with Crippen LogP contribution in [0.1, 0.15) is 12.8 Å². The average Bonchev–Trinajstić information content (AvgIpc) is 2.49. The Balaban J connectivity index is 1.81. The molecule has 1 N–H and O–H groups in total. The quantitative estimate of drug-likeness (QED) is 0.856. The zero-order valence-corrected chi connectivity index (χ0v) is 12.5. The summed E-state index contributed by atoms with van der Waals surface area (Å²) in [5.74, 6) is 1.46. The summed E-state index contributed by atoms with van der Waals surface area (Å²) in [7, 11) is -1.48. The maximum atomic E-state index is 12.1. The molecule has 0 amide bonds. The Hall–Kier alpha value is -1.27. The van der Waals surface area contributed by atoms with E-state index in [0.29, 0.717) is 12.3 Å². The molecule has 1 aliphatic heterocycles. The number of hydrogen-bond donors (Lipinski definition) is 1. The SMILES string of the molecule is COc1ccc(OCCS(=O)(=O)C2CCCNC2)cc1. The Bertz CT molecular complexity index is 506. The summed E-state index contributed by atoms with van der Waals surface area (Å²) < 4.78 is 34.8. The van der Waals surface area contributed by atoms with Crippen LogP contribution in [-0.2, 0) is 9.84 Å². The first kappa shape index (κ1) is 15.1. The minimum absolute atomic E-state index is 0.0609. The zero-order chi connectivity index (χ0) is 14.4. The fraction of sp³-hybridized carbons (Fsp3) is 0.571. The third-order valence-electron chi connectivity index (χ3n) is 3.46. The van der Waals surface area contributed by atoms with E-state index in [2.05, 4.69) is 5.32 Å². The predicted molar refractivity (Wildman–Crippen MR) is 78.2 cm³/mol. The molecule has 1 saturated heterocycles. The van der Waals surface area contributed by atoms with Gasteiger partial charge in [-0.2, -0.15) is 0 Å². The van der Waals surface area contributed by atoms with Gasteiger partial charge in [0.05, 0.1) is 18.1 Å². The smallest absolute Gasteiger partial charge is 0.157 e. The predicted octanol–water partition coefficient (Wildman–Crippen LogP) is 1.24. The van der Waals surface area contributed by atoms with Crippen molar-refractivity contribution in [3.8, 4) is 11.5 Å². The Morgan fingerprint density at radius 2 is 1.95 bits per heavy atom. The Morgan fingerprint density at radius 1 is 1.25 bits per heavy atom. The lowest BCUT2D eigenvalue weighted by Crippen LogP contribution is -2.40. The van der Waals surface area contributed by atoms with E-state index in [0.717, 1.165) is 25.1 Å². The van der Waals surface area contributed by atoms with Gasteiger partial charge in [-0.15, -0.1) is 0 Å². The van der Waals surface area contributed by atoms with E-state index in [-0.39, 0.29) is 17.6 Å². The van der Waals surface area contributed by atoms with Crippen LogP contribution in [0, 0.1) is 0 Å². The summed E-state index contributed by atoms with van der Waals surface area (Å²) in [4.78, 5) is 0. The second-order valence-electron chi connectivity index (χ2n) is 4.86. The summed E-state index contributed by atoms with van der Waals surface area (Å²) >= 11 is 0. The van der Waals surface area contributed by atoms with Crippen LogP contribution in [0.4, 0.5) is 0 Å². The minimum atomic E-state index is -3.08. The monoisotopic (exact) mass is 299 g/mol. The number of hydrogen-bond acceptors (Lipinski definition) is 5. The molecule has 0 spiro atoms. The normalized spacial score (nSPS) is 19.6. The molecule has 0 aliphatic carbocycles. The van der Waals surface area contributed by atoms with Crippen LogP contribution in [0.15, 0.2) is 24.3 Å². The van der Waals surface area contributed by atoms with Crippen LogP contribution in [-0.4, -0.2) is 46.2 Å². The summed E-state index contributed by atoms with van der Waals surface area (Å²) in [5.41, 5.74) is 0. The van der Waals surface area contributed by atoms with Gasteiger partial charge in [-0.1, -0.05) is 0 Å². The summed E-state index contributed by atoms with van der Waals surface area (Å²) in [6.45, 7) is 1.66. The van der Waals surface area contributed by atoms with E-state index in [4.69, 9.17) is 9.47 Å². The molecular formula is C14H21NO4S. The lowest BCUT2D eigenvalue weighted by Gasteiger charge is -2.22. The van der Waals surface area contributed by atoms with Gasteiger partial charge >= 0.3 is 0 Å². The highest BCUT2D eigenvalue weighted by atomic mass is 32.2. The second-order valence-corrected chi connectivity index (χ2v) is 7.26. The number of benzene rings is 1. The van der Waals surface area contributed by atoms with Gasteiger partial charge in [-0.3, -0.25) is 0 Å². The molecule has 0 aromatic heterocycles. The van der Waals surface area contributed by atoms with Crippen molar-refractivity contribution in [1.82, 2.24) is 5.32 Å². The summed E-state index contributed by atoms with van der Waals surface area (Å²) in [6, 6.07) is 7.12. The molecule has 2 rings (SSSR count). The molecule has 112 valence electrons. The number of sulfone groups is 1. The minimum Gasteiger partial charge on any atom is -0.497 e. The van der Waals surface area contributed by atoms with Crippen LogP contribution in [0.5, 0.6) is 11.5 Å². The third-order valence-corrected chi connectivity index (χ3v) is 5.61. The Kier molecular flexibility index (Phi) is 5.25. The van der Waals surface area contributed by atoms with Crippen molar-refractivity contribution in [3.63, 3.8) is 0 Å². The van der Waals surface area contributed by atoms with Crippen molar-refractivity contribution in [2.24, 2.45) is 0 Å². The number of methoxy groups -OCH3 is 1. The maximum Gasteiger partial charge on any atom is 0.157 e. The third kappa shape index (κ3) is 4.11. The van der Waals surface area contributed by atoms with Crippen molar-refractivity contribution in [1.29, 1.82) is 0 Å². The highest BCUT2D eigenvalue weighted by Crippen LogP contribution is 2.17. The zero-order valence-electron chi connectivity index (χ0n) is 11.7. The molecule has 1 aromatic carbocycles. The van der Waals surface area contributed by atoms with E-state index in [1.807, 2.05) is 0 Å². The van der Waals surface area contributed by atoms with Gasteiger partial charge in [0.15, 0.2) is 9.84 Å². The molecule has 0 saturated carbocycles. The van der Waals surface area contributed by atoms with Gasteiger partial charge in [0.25, 0.3) is 0 Å². The maximum absolute atomic E-state index is 12.1. The topological polar surface area (TPSA) is 64.6 Å². The van der Waals surface area contributed by atoms with Gasteiger partial charge in [0.2, 0.25) is 0 Å². The van der Waals surface area contributed by atoms with Crippen LogP contribution in [0.2, 0.25) is 0 Å². The molecule has 1 aromatic rings. The number of rotatable bonds is 6. The van der Waals surface area contributed by atoms with Crippen LogP contribution >= 0.6 is 0 Å². The molecule has 0 bridgehead atoms. The van der Waals surface area contributed by atoms with E-state index >= 15 is 0 Å². The van der Waals surface area contributed by atoms with E-state index in [9.17, 15) is 8.42 Å². The lowest BCUT2D eigenvalue weighted by molar-refractivity contribution is 0.338. The van der Waals surface area contributed by atoms with Gasteiger partial charge in [0, 0.05) is 6.54 Å². The second kappa shape index (κ2) is 6.95. The molecule has 5 nitrogen and oxygen atoms in total. The number of ether oxygens (including phenoxy) is 2. The van der Waals surface area contributed by atoms with E-state index in [1.54, 1.807) is 31.4 Å². The highest BCUT2D eigenvalue weighted by Gasteiger charge is 2.26. The summed E-state index contributed by atoms with van der Waals surface area (Å²) in [5, 5.41) is 2.86. The average molecular weight is 299 g/mol. The Labute approximate surface area is 120 Å². The first-order valence-electron chi connectivity index (χ1n) is 6.81. The van der Waals surface area contributed by atoms with Crippen molar-refractivity contribution in [3.05, 3.63) is 24.3 Å². The van der Waals surface area contributed by atoms with E-state index < -0.39 is 9.84 Å². The molecule has 1 unspecified atom stereocenters. The van der Waals surface area contributed by atoms with Crippen LogP contribution in [0.25, 0.3) is 0 Å². The van der Waals surface area contributed by atoms with Crippen molar-refractivity contribution in [2.45, 2.75) is 18.1 Å². The standard InChI is InChI=1S/C14H21NO4S/c1-18-12-4-6-13(7-5-12)19-9-10-20(16,17)14-3-2-8-15-11-14/h4-7,14-15H,2-3,8-11H2,1H3. The summed E-state index contributed by atoms with van der Waals surface area (Å²) in [6.07, 6.45) is 1.67. The van der Waals surface area contributed by atoms with E-state index in [1.165, 1.54) is 0 Å². The fourth-order valence-corrected chi connectivity index (χ4v) is 3.79. The van der Waals surface area contributed by atoms with Crippen LogP contribution < -0.4 is 14.8 Å². The van der Waals surface area contributed by atoms with Gasteiger partial charge in [-0.25, -0.2) is 8.42 Å². The molecule has 6 heteroatoms. The number of piperidine rings is 1. The molecular weight excluding hydrogens is 278 g/mol. The van der Waals surface area contributed by atoms with Crippen molar-refractivity contribution in [2.75, 3.05) is 32.6 Å². The van der Waals surface area contributed by atoms with Gasteiger partial charge < -0.3 is 14.8 Å². The lowest BCUT2D eigenvalue weighted by atomic mass is 10.2. The molecule has 1 atom stereocenters. The van der Waals surface area contributed by atoms with Gasteiger partial charge in [-0.05, 0) is 43.7 Å². The first-order chi connectivity index (χ1) is 9.62. The largest absolute Gasteiger partial charge is 0.497 e. The Morgan fingerprint density at radius 3 is 2.55 bits per heavy atom. The van der Waals surface area contributed by atoms with Crippen molar-refractivity contribution < 1.29 is 17.9 Å².